The number of anilines is 1. The molecule has 2 aromatic rings. The molecule has 1 amide bonds. The number of amides is 1. The van der Waals surface area contributed by atoms with Crippen molar-refractivity contribution in [3.8, 4) is 0 Å². The Hall–Kier alpha value is -2.41. The van der Waals surface area contributed by atoms with E-state index in [4.69, 9.17) is 5.73 Å². The highest BCUT2D eigenvalue weighted by Crippen LogP contribution is 2.32. The van der Waals surface area contributed by atoms with Crippen molar-refractivity contribution < 1.29 is 4.79 Å². The standard InChI is InChI=1S/C14H16N4O3/c15-14(4-1-5-14)7-11(19)16-8-2-3-9-10(6-8)18-13(21)12(20)17-9/h2-3,6H,1,4-5,7,15H2,(H,16,19)(H,17,20)(H,18,21). The van der Waals surface area contributed by atoms with Crippen LogP contribution < -0.4 is 22.2 Å². The molecule has 1 saturated carbocycles. The minimum absolute atomic E-state index is 0.150. The quantitative estimate of drug-likeness (QED) is 0.612. The van der Waals surface area contributed by atoms with Gasteiger partial charge in [0, 0.05) is 17.6 Å². The number of rotatable bonds is 3. The van der Waals surface area contributed by atoms with Crippen LogP contribution in [-0.4, -0.2) is 21.4 Å². The van der Waals surface area contributed by atoms with Gasteiger partial charge in [0.15, 0.2) is 0 Å². The summed E-state index contributed by atoms with van der Waals surface area (Å²) in [5.74, 6) is -0.150. The minimum Gasteiger partial charge on any atom is -0.326 e. The predicted molar refractivity (Wildman–Crippen MR) is 79.2 cm³/mol. The predicted octanol–water partition coefficient (Wildman–Crippen LogP) is 0.426. The normalized spacial score (nSPS) is 16.4. The fraction of sp³-hybridized carbons (Fsp3) is 0.357. The molecule has 1 aromatic carbocycles. The van der Waals surface area contributed by atoms with Gasteiger partial charge < -0.3 is 21.0 Å². The number of hydrogen-bond acceptors (Lipinski definition) is 4. The SMILES string of the molecule is NC1(CC(=O)Nc2ccc3[nH]c(=O)c(=O)[nH]c3c2)CCC1. The van der Waals surface area contributed by atoms with Crippen molar-refractivity contribution in [1.82, 2.24) is 9.97 Å². The summed E-state index contributed by atoms with van der Waals surface area (Å²) < 4.78 is 0. The molecule has 5 N–H and O–H groups in total. The van der Waals surface area contributed by atoms with Crippen molar-refractivity contribution in [3.63, 3.8) is 0 Å². The molecule has 1 heterocycles. The highest BCUT2D eigenvalue weighted by atomic mass is 16.2. The minimum atomic E-state index is -0.721. The molecule has 7 nitrogen and oxygen atoms in total. The average Bonchev–Trinajstić information content (AvgIpc) is 2.38. The Labute approximate surface area is 119 Å². The van der Waals surface area contributed by atoms with Crippen molar-refractivity contribution >= 4 is 22.6 Å². The summed E-state index contributed by atoms with van der Waals surface area (Å²) in [6.07, 6.45) is 3.08. The van der Waals surface area contributed by atoms with Crippen LogP contribution in [0, 0.1) is 0 Å². The summed E-state index contributed by atoms with van der Waals surface area (Å²) in [5, 5.41) is 2.76. The van der Waals surface area contributed by atoms with E-state index in [0.29, 0.717) is 16.7 Å². The molecule has 1 fully saturated rings. The largest absolute Gasteiger partial charge is 0.326 e. The van der Waals surface area contributed by atoms with E-state index in [2.05, 4.69) is 15.3 Å². The van der Waals surface area contributed by atoms with Crippen LogP contribution in [0.4, 0.5) is 5.69 Å². The smallest absolute Gasteiger partial charge is 0.314 e. The lowest BCUT2D eigenvalue weighted by Crippen LogP contribution is -2.48. The number of nitrogens with one attached hydrogen (secondary N) is 3. The van der Waals surface area contributed by atoms with Crippen LogP contribution in [0.2, 0.25) is 0 Å². The summed E-state index contributed by atoms with van der Waals surface area (Å²) in [6, 6.07) is 4.90. The Bertz CT molecular complexity index is 817. The number of hydrogen-bond donors (Lipinski definition) is 4. The van der Waals surface area contributed by atoms with Crippen LogP contribution in [0.3, 0.4) is 0 Å². The molecule has 0 spiro atoms. The van der Waals surface area contributed by atoms with Gasteiger partial charge in [0.25, 0.3) is 0 Å². The van der Waals surface area contributed by atoms with E-state index in [9.17, 15) is 14.4 Å². The average molecular weight is 288 g/mol. The molecule has 1 aliphatic carbocycles. The third-order valence-electron chi connectivity index (χ3n) is 3.87. The maximum atomic E-state index is 12.0. The molecule has 110 valence electrons. The number of aromatic nitrogens is 2. The van der Waals surface area contributed by atoms with Gasteiger partial charge in [0.2, 0.25) is 5.91 Å². The number of fused-ring (bicyclic) bond motifs is 1. The second-order valence-corrected chi connectivity index (χ2v) is 5.61. The zero-order chi connectivity index (χ0) is 15.0. The van der Waals surface area contributed by atoms with Gasteiger partial charge >= 0.3 is 11.1 Å². The lowest BCUT2D eigenvalue weighted by Gasteiger charge is -2.37. The summed E-state index contributed by atoms with van der Waals surface area (Å²) >= 11 is 0. The van der Waals surface area contributed by atoms with Gasteiger partial charge in [0.1, 0.15) is 0 Å². The molecule has 1 aromatic heterocycles. The van der Waals surface area contributed by atoms with Crippen LogP contribution in [0.15, 0.2) is 27.8 Å². The molecule has 0 atom stereocenters. The Morgan fingerprint density at radius 1 is 1.19 bits per heavy atom. The Balaban J connectivity index is 1.81. The maximum absolute atomic E-state index is 12.0. The third-order valence-corrected chi connectivity index (χ3v) is 3.87. The number of carbonyl (C=O) groups excluding carboxylic acids is 1. The third kappa shape index (κ3) is 2.73. The molecule has 7 heteroatoms. The van der Waals surface area contributed by atoms with Crippen molar-refractivity contribution in [2.45, 2.75) is 31.2 Å². The zero-order valence-electron chi connectivity index (χ0n) is 11.4. The molecule has 0 bridgehead atoms. The van der Waals surface area contributed by atoms with Crippen molar-refractivity contribution in [2.24, 2.45) is 5.73 Å². The molecule has 0 radical (unpaired) electrons. The molecule has 0 unspecified atom stereocenters. The van der Waals surface area contributed by atoms with E-state index in [1.165, 1.54) is 0 Å². The summed E-state index contributed by atoms with van der Waals surface area (Å²) in [4.78, 5) is 39.4. The van der Waals surface area contributed by atoms with Gasteiger partial charge in [-0.25, -0.2) is 0 Å². The molecular weight excluding hydrogens is 272 g/mol. The maximum Gasteiger partial charge on any atom is 0.314 e. The molecule has 0 aliphatic heterocycles. The van der Waals surface area contributed by atoms with E-state index in [0.717, 1.165) is 19.3 Å². The summed E-state index contributed by atoms with van der Waals surface area (Å²) in [5.41, 5.74) is 5.76. The van der Waals surface area contributed by atoms with Gasteiger partial charge in [-0.15, -0.1) is 0 Å². The van der Waals surface area contributed by atoms with Crippen molar-refractivity contribution in [2.75, 3.05) is 5.32 Å². The first-order valence-electron chi connectivity index (χ1n) is 6.80. The molecule has 0 saturated heterocycles. The van der Waals surface area contributed by atoms with Crippen LogP contribution in [0.5, 0.6) is 0 Å². The Kier molecular flexibility index (Phi) is 3.13. The van der Waals surface area contributed by atoms with Crippen LogP contribution >= 0.6 is 0 Å². The van der Waals surface area contributed by atoms with Gasteiger partial charge in [0.05, 0.1) is 11.0 Å². The van der Waals surface area contributed by atoms with E-state index >= 15 is 0 Å². The van der Waals surface area contributed by atoms with Crippen LogP contribution in [0.25, 0.3) is 11.0 Å². The van der Waals surface area contributed by atoms with Crippen molar-refractivity contribution in [1.29, 1.82) is 0 Å². The lowest BCUT2D eigenvalue weighted by atomic mass is 9.75. The molecule has 1 aliphatic rings. The Morgan fingerprint density at radius 3 is 2.48 bits per heavy atom. The molecule has 21 heavy (non-hydrogen) atoms. The topological polar surface area (TPSA) is 121 Å². The second-order valence-electron chi connectivity index (χ2n) is 5.61. The van der Waals surface area contributed by atoms with Crippen LogP contribution in [-0.2, 0) is 4.79 Å². The van der Waals surface area contributed by atoms with Gasteiger partial charge in [-0.05, 0) is 37.5 Å². The highest BCUT2D eigenvalue weighted by Gasteiger charge is 2.34. The van der Waals surface area contributed by atoms with Gasteiger partial charge in [-0.3, -0.25) is 14.4 Å². The first kappa shape index (κ1) is 13.6. The first-order valence-corrected chi connectivity index (χ1v) is 6.80. The first-order chi connectivity index (χ1) is 9.95. The van der Waals surface area contributed by atoms with E-state index in [1.54, 1.807) is 18.2 Å². The highest BCUT2D eigenvalue weighted by molar-refractivity contribution is 5.93. The fourth-order valence-corrected chi connectivity index (χ4v) is 2.53. The molecular formula is C14H16N4O3. The number of H-pyrrole nitrogens is 2. The van der Waals surface area contributed by atoms with E-state index in [1.807, 2.05) is 0 Å². The van der Waals surface area contributed by atoms with E-state index in [-0.39, 0.29) is 17.9 Å². The Morgan fingerprint density at radius 2 is 1.86 bits per heavy atom. The fourth-order valence-electron chi connectivity index (χ4n) is 2.53. The lowest BCUT2D eigenvalue weighted by molar-refractivity contribution is -0.118. The number of nitrogens with two attached hydrogens (primary N) is 1. The van der Waals surface area contributed by atoms with Gasteiger partial charge in [-0.1, -0.05) is 0 Å². The van der Waals surface area contributed by atoms with E-state index < -0.39 is 11.1 Å². The summed E-state index contributed by atoms with van der Waals surface area (Å²) in [7, 11) is 0. The number of benzene rings is 1. The number of carbonyl (C=O) groups is 1. The zero-order valence-corrected chi connectivity index (χ0v) is 11.4. The van der Waals surface area contributed by atoms with Gasteiger partial charge in [-0.2, -0.15) is 0 Å². The van der Waals surface area contributed by atoms with Crippen LogP contribution in [0.1, 0.15) is 25.7 Å². The summed E-state index contributed by atoms with van der Waals surface area (Å²) in [6.45, 7) is 0. The molecule has 3 rings (SSSR count). The number of aromatic amines is 2. The monoisotopic (exact) mass is 288 g/mol. The van der Waals surface area contributed by atoms with Crippen molar-refractivity contribution in [3.05, 3.63) is 38.9 Å². The second kappa shape index (κ2) is 4.85.